The molecule has 0 unspecified atom stereocenters. The number of nitrogens with zero attached hydrogens (tertiary/aromatic N) is 2. The van der Waals surface area contributed by atoms with Crippen molar-refractivity contribution in [1.82, 2.24) is 9.78 Å². The summed E-state index contributed by atoms with van der Waals surface area (Å²) >= 11 is 0. The standard InChI is InChI=1S/C24H26N2O/c1-15(2)18-7-9-19(10-8-18)20-13-22-24(23(27)14-20)17(4)25-26(22)21-11-5-16(3)6-12-21/h5-12,15,20H,13-14H2,1-4H3/t20-/m1/s1. The third-order valence-electron chi connectivity index (χ3n) is 5.66. The molecule has 0 aliphatic heterocycles. The maximum atomic E-state index is 12.9. The Bertz CT molecular complexity index is 978. The number of ketones is 1. The van der Waals surface area contributed by atoms with Crippen molar-refractivity contribution in [3.63, 3.8) is 0 Å². The first kappa shape index (κ1) is 17.7. The highest BCUT2D eigenvalue weighted by Gasteiger charge is 2.32. The van der Waals surface area contributed by atoms with Gasteiger partial charge in [-0.15, -0.1) is 0 Å². The van der Waals surface area contributed by atoms with Crippen LogP contribution in [-0.4, -0.2) is 15.6 Å². The molecule has 1 aromatic heterocycles. The Balaban J connectivity index is 1.72. The quantitative estimate of drug-likeness (QED) is 0.617. The van der Waals surface area contributed by atoms with Gasteiger partial charge in [-0.2, -0.15) is 5.10 Å². The van der Waals surface area contributed by atoms with Gasteiger partial charge in [0.1, 0.15) is 0 Å². The van der Waals surface area contributed by atoms with Gasteiger partial charge in [-0.05, 0) is 55.4 Å². The van der Waals surface area contributed by atoms with Crippen molar-refractivity contribution in [3.05, 3.63) is 82.2 Å². The summed E-state index contributed by atoms with van der Waals surface area (Å²) in [6.45, 7) is 8.43. The maximum absolute atomic E-state index is 12.9. The third-order valence-corrected chi connectivity index (χ3v) is 5.66. The van der Waals surface area contributed by atoms with Gasteiger partial charge < -0.3 is 0 Å². The van der Waals surface area contributed by atoms with Gasteiger partial charge in [0.2, 0.25) is 0 Å². The lowest BCUT2D eigenvalue weighted by Crippen LogP contribution is -2.20. The molecule has 0 bridgehead atoms. The first-order valence-corrected chi connectivity index (χ1v) is 9.72. The summed E-state index contributed by atoms with van der Waals surface area (Å²) in [6.07, 6.45) is 1.41. The Morgan fingerprint density at radius 2 is 1.63 bits per heavy atom. The molecule has 4 rings (SSSR count). The minimum Gasteiger partial charge on any atom is -0.294 e. The van der Waals surface area contributed by atoms with Gasteiger partial charge in [0, 0.05) is 6.42 Å². The summed E-state index contributed by atoms with van der Waals surface area (Å²) in [5.74, 6) is 0.945. The van der Waals surface area contributed by atoms with Gasteiger partial charge in [-0.25, -0.2) is 4.68 Å². The largest absolute Gasteiger partial charge is 0.294 e. The first-order chi connectivity index (χ1) is 12.9. The molecule has 1 aliphatic carbocycles. The van der Waals surface area contributed by atoms with E-state index in [0.717, 1.165) is 29.1 Å². The molecule has 1 aliphatic rings. The van der Waals surface area contributed by atoms with E-state index in [-0.39, 0.29) is 11.7 Å². The van der Waals surface area contributed by atoms with Crippen LogP contribution in [0.15, 0.2) is 48.5 Å². The number of benzene rings is 2. The van der Waals surface area contributed by atoms with Crippen molar-refractivity contribution in [1.29, 1.82) is 0 Å². The lowest BCUT2D eigenvalue weighted by molar-refractivity contribution is 0.0963. The van der Waals surface area contributed by atoms with Crippen LogP contribution in [0.1, 0.15) is 70.5 Å². The second-order valence-electron chi connectivity index (χ2n) is 8.00. The van der Waals surface area contributed by atoms with Gasteiger partial charge in [0.25, 0.3) is 0 Å². The summed E-state index contributed by atoms with van der Waals surface area (Å²) in [6, 6.07) is 17.1. The Hall–Kier alpha value is -2.68. The number of hydrogen-bond donors (Lipinski definition) is 0. The predicted molar refractivity (Wildman–Crippen MR) is 109 cm³/mol. The van der Waals surface area contributed by atoms with Crippen molar-refractivity contribution >= 4 is 5.78 Å². The zero-order valence-corrected chi connectivity index (χ0v) is 16.5. The van der Waals surface area contributed by atoms with Gasteiger partial charge in [-0.3, -0.25) is 4.79 Å². The summed E-state index contributed by atoms with van der Waals surface area (Å²) in [5.41, 5.74) is 7.53. The fourth-order valence-electron chi connectivity index (χ4n) is 4.05. The van der Waals surface area contributed by atoms with Gasteiger partial charge in [0.15, 0.2) is 5.78 Å². The van der Waals surface area contributed by atoms with Crippen LogP contribution in [0.5, 0.6) is 0 Å². The highest BCUT2D eigenvalue weighted by Crippen LogP contribution is 2.35. The van der Waals surface area contributed by atoms with E-state index in [2.05, 4.69) is 69.3 Å². The molecule has 0 amide bonds. The van der Waals surface area contributed by atoms with Crippen molar-refractivity contribution < 1.29 is 4.79 Å². The minimum absolute atomic E-state index is 0.213. The summed E-state index contributed by atoms with van der Waals surface area (Å²) in [5, 5.41) is 4.70. The number of carbonyl (C=O) groups is 1. The lowest BCUT2D eigenvalue weighted by Gasteiger charge is -2.23. The Morgan fingerprint density at radius 3 is 2.26 bits per heavy atom. The van der Waals surface area contributed by atoms with Crippen LogP contribution in [0.3, 0.4) is 0 Å². The number of Topliss-reactive ketones (excluding diaryl/α,β-unsaturated/α-hetero) is 1. The summed E-state index contributed by atoms with van der Waals surface area (Å²) in [4.78, 5) is 12.9. The van der Waals surface area contributed by atoms with E-state index in [1.54, 1.807) is 0 Å². The number of rotatable bonds is 3. The fourth-order valence-corrected chi connectivity index (χ4v) is 4.05. The molecule has 2 aromatic carbocycles. The average Bonchev–Trinajstić information content (AvgIpc) is 2.99. The van der Waals surface area contributed by atoms with Crippen molar-refractivity contribution in [3.8, 4) is 5.69 Å². The molecule has 138 valence electrons. The normalized spacial score (nSPS) is 16.6. The van der Waals surface area contributed by atoms with Gasteiger partial charge >= 0.3 is 0 Å². The Labute approximate surface area is 161 Å². The van der Waals surface area contributed by atoms with Crippen LogP contribution in [0.2, 0.25) is 0 Å². The third kappa shape index (κ3) is 3.23. The number of fused-ring (bicyclic) bond motifs is 1. The number of hydrogen-bond acceptors (Lipinski definition) is 2. The van der Waals surface area contributed by atoms with Crippen LogP contribution in [0.25, 0.3) is 5.69 Å². The fraction of sp³-hybridized carbons (Fsp3) is 0.333. The van der Waals surface area contributed by atoms with E-state index >= 15 is 0 Å². The molecule has 3 heteroatoms. The van der Waals surface area contributed by atoms with Crippen LogP contribution >= 0.6 is 0 Å². The molecule has 0 radical (unpaired) electrons. The molecule has 1 heterocycles. The van der Waals surface area contributed by atoms with Crippen LogP contribution in [0.4, 0.5) is 0 Å². The van der Waals surface area contributed by atoms with Crippen LogP contribution in [-0.2, 0) is 6.42 Å². The zero-order valence-electron chi connectivity index (χ0n) is 16.5. The smallest absolute Gasteiger partial charge is 0.167 e. The molecular formula is C24H26N2O. The molecule has 27 heavy (non-hydrogen) atoms. The van der Waals surface area contributed by atoms with Crippen molar-refractivity contribution in [2.45, 2.75) is 52.4 Å². The first-order valence-electron chi connectivity index (χ1n) is 9.72. The monoisotopic (exact) mass is 358 g/mol. The molecule has 0 fully saturated rings. The summed E-state index contributed by atoms with van der Waals surface area (Å²) < 4.78 is 1.97. The van der Waals surface area contributed by atoms with E-state index in [9.17, 15) is 4.79 Å². The Morgan fingerprint density at radius 1 is 0.963 bits per heavy atom. The maximum Gasteiger partial charge on any atom is 0.167 e. The van der Waals surface area contributed by atoms with E-state index in [4.69, 9.17) is 5.10 Å². The average molecular weight is 358 g/mol. The molecular weight excluding hydrogens is 332 g/mol. The number of aryl methyl sites for hydroxylation is 2. The second-order valence-corrected chi connectivity index (χ2v) is 8.00. The minimum atomic E-state index is 0.213. The van der Waals surface area contributed by atoms with E-state index in [1.165, 1.54) is 16.7 Å². The predicted octanol–water partition coefficient (Wildman–Crippen LogP) is 5.53. The van der Waals surface area contributed by atoms with Crippen molar-refractivity contribution in [2.75, 3.05) is 0 Å². The second kappa shape index (κ2) is 6.80. The SMILES string of the molecule is Cc1ccc(-n2nc(C)c3c2C[C@@H](c2ccc(C(C)C)cc2)CC3=O)cc1. The van der Waals surface area contributed by atoms with Crippen LogP contribution in [0, 0.1) is 13.8 Å². The van der Waals surface area contributed by atoms with Gasteiger partial charge in [0.05, 0.1) is 22.6 Å². The van der Waals surface area contributed by atoms with Crippen molar-refractivity contribution in [2.24, 2.45) is 0 Å². The Kier molecular flexibility index (Phi) is 4.47. The molecule has 3 aromatic rings. The molecule has 3 nitrogen and oxygen atoms in total. The molecule has 0 N–H and O–H groups in total. The zero-order chi connectivity index (χ0) is 19.1. The van der Waals surface area contributed by atoms with E-state index in [0.29, 0.717) is 12.3 Å². The number of carbonyl (C=O) groups excluding carboxylic acids is 1. The number of aromatic nitrogens is 2. The molecule has 0 spiro atoms. The highest BCUT2D eigenvalue weighted by molar-refractivity contribution is 6.00. The highest BCUT2D eigenvalue weighted by atomic mass is 16.1. The van der Waals surface area contributed by atoms with E-state index < -0.39 is 0 Å². The van der Waals surface area contributed by atoms with E-state index in [1.807, 2.05) is 11.6 Å². The molecule has 0 saturated carbocycles. The summed E-state index contributed by atoms with van der Waals surface area (Å²) in [7, 11) is 0. The van der Waals surface area contributed by atoms with Gasteiger partial charge in [-0.1, -0.05) is 55.8 Å². The topological polar surface area (TPSA) is 34.9 Å². The van der Waals surface area contributed by atoms with Crippen LogP contribution < -0.4 is 0 Å². The lowest BCUT2D eigenvalue weighted by atomic mass is 9.81. The molecule has 1 atom stereocenters. The molecule has 0 saturated heterocycles.